The molecule has 0 unspecified atom stereocenters. The van der Waals surface area contributed by atoms with Crippen LogP contribution in [0.2, 0.25) is 5.02 Å². The van der Waals surface area contributed by atoms with Crippen molar-refractivity contribution in [3.8, 4) is 5.75 Å². The molecule has 0 aliphatic rings. The Hall–Kier alpha value is -2.34. The highest BCUT2D eigenvalue weighted by Crippen LogP contribution is 2.27. The molecule has 0 heterocycles. The molecule has 0 saturated heterocycles. The maximum Gasteiger partial charge on any atom is 0.244 e. The first-order valence-corrected chi connectivity index (χ1v) is 14.1. The average molecular weight is 532 g/mol. The number of aryl methyl sites for hydroxylation is 1. The Morgan fingerprint density at radius 2 is 1.71 bits per heavy atom. The standard InChI is InChI=1S/C22H30ClN3O6S2/c1-6-21(26(33(5,28)29)17-8-7-16(2)20(23)15-17)22(27)24-13-14-32-18-9-11-19(12-10-18)34(30,31)25(3)4/h7-12,15,21H,6,13-14H2,1-5H3,(H,24,27)/t21-/m1/s1. The maximum atomic E-state index is 12.8. The number of nitrogens with zero attached hydrogens (tertiary/aromatic N) is 2. The van der Waals surface area contributed by atoms with E-state index in [1.54, 1.807) is 26.0 Å². The van der Waals surface area contributed by atoms with Crippen molar-refractivity contribution in [2.24, 2.45) is 0 Å². The van der Waals surface area contributed by atoms with Gasteiger partial charge < -0.3 is 10.1 Å². The summed E-state index contributed by atoms with van der Waals surface area (Å²) < 4.78 is 57.0. The van der Waals surface area contributed by atoms with Crippen molar-refractivity contribution >= 4 is 43.2 Å². The van der Waals surface area contributed by atoms with Gasteiger partial charge in [0.25, 0.3) is 0 Å². The second kappa shape index (κ2) is 11.4. The number of carbonyl (C=O) groups is 1. The number of hydrogen-bond donors (Lipinski definition) is 1. The summed E-state index contributed by atoms with van der Waals surface area (Å²) in [5.41, 5.74) is 1.10. The molecule has 34 heavy (non-hydrogen) atoms. The summed E-state index contributed by atoms with van der Waals surface area (Å²) in [5.74, 6) is -0.0355. The zero-order valence-corrected chi connectivity index (χ0v) is 22.2. The molecular formula is C22H30ClN3O6S2. The van der Waals surface area contributed by atoms with Crippen molar-refractivity contribution < 1.29 is 26.4 Å². The number of rotatable bonds is 11. The highest BCUT2D eigenvalue weighted by Gasteiger charge is 2.31. The minimum atomic E-state index is -3.77. The van der Waals surface area contributed by atoms with E-state index in [1.165, 1.54) is 44.4 Å². The number of nitrogens with one attached hydrogen (secondary N) is 1. The summed E-state index contributed by atoms with van der Waals surface area (Å²) in [6.45, 7) is 3.75. The Balaban J connectivity index is 2.03. The number of anilines is 1. The topological polar surface area (TPSA) is 113 Å². The van der Waals surface area contributed by atoms with E-state index in [2.05, 4.69) is 5.32 Å². The predicted octanol–water partition coefficient (Wildman–Crippen LogP) is 2.64. The maximum absolute atomic E-state index is 12.8. The number of ether oxygens (including phenoxy) is 1. The van der Waals surface area contributed by atoms with Crippen molar-refractivity contribution in [2.75, 3.05) is 37.8 Å². The molecule has 188 valence electrons. The fourth-order valence-electron chi connectivity index (χ4n) is 3.16. The lowest BCUT2D eigenvalue weighted by Gasteiger charge is -2.30. The first kappa shape index (κ1) is 27.9. The first-order chi connectivity index (χ1) is 15.8. The van der Waals surface area contributed by atoms with Crippen LogP contribution in [0.5, 0.6) is 5.75 Å². The quantitative estimate of drug-likeness (QED) is 0.446. The van der Waals surface area contributed by atoms with Gasteiger partial charge in [-0.25, -0.2) is 21.1 Å². The van der Waals surface area contributed by atoms with E-state index in [-0.39, 0.29) is 24.5 Å². The number of halogens is 1. The van der Waals surface area contributed by atoms with Crippen molar-refractivity contribution in [3.63, 3.8) is 0 Å². The van der Waals surface area contributed by atoms with E-state index in [4.69, 9.17) is 16.3 Å². The van der Waals surface area contributed by atoms with Crippen molar-refractivity contribution in [3.05, 3.63) is 53.1 Å². The predicted molar refractivity (Wildman–Crippen MR) is 133 cm³/mol. The average Bonchev–Trinajstić information content (AvgIpc) is 2.76. The molecule has 0 radical (unpaired) electrons. The molecule has 2 aromatic carbocycles. The Kier molecular flexibility index (Phi) is 9.35. The van der Waals surface area contributed by atoms with Gasteiger partial charge in [-0.1, -0.05) is 24.6 Å². The van der Waals surface area contributed by atoms with Crippen LogP contribution in [-0.2, 0) is 24.8 Å². The molecule has 0 aromatic heterocycles. The van der Waals surface area contributed by atoms with Gasteiger partial charge in [0.15, 0.2) is 0 Å². The van der Waals surface area contributed by atoms with Crippen LogP contribution in [0.4, 0.5) is 5.69 Å². The highest BCUT2D eigenvalue weighted by molar-refractivity contribution is 7.92. The molecule has 0 saturated carbocycles. The summed E-state index contributed by atoms with van der Waals surface area (Å²) >= 11 is 6.17. The lowest BCUT2D eigenvalue weighted by atomic mass is 10.1. The van der Waals surface area contributed by atoms with E-state index in [0.717, 1.165) is 20.4 Å². The Morgan fingerprint density at radius 3 is 2.21 bits per heavy atom. The van der Waals surface area contributed by atoms with Crippen LogP contribution in [0.3, 0.4) is 0 Å². The van der Waals surface area contributed by atoms with Gasteiger partial charge in [-0.15, -0.1) is 0 Å². The number of amides is 1. The summed E-state index contributed by atoms with van der Waals surface area (Å²) in [7, 11) is -4.40. The third-order valence-electron chi connectivity index (χ3n) is 5.01. The van der Waals surface area contributed by atoms with Crippen LogP contribution in [-0.4, -0.2) is 66.6 Å². The first-order valence-electron chi connectivity index (χ1n) is 10.5. The molecular weight excluding hydrogens is 502 g/mol. The summed E-state index contributed by atoms with van der Waals surface area (Å²) in [6.07, 6.45) is 1.28. The Labute approximate surface area is 206 Å². The van der Waals surface area contributed by atoms with Crippen LogP contribution in [0.1, 0.15) is 18.9 Å². The third-order valence-corrected chi connectivity index (χ3v) is 8.43. The molecule has 0 aliphatic carbocycles. The number of hydrogen-bond acceptors (Lipinski definition) is 6. The molecule has 12 heteroatoms. The van der Waals surface area contributed by atoms with E-state index in [1.807, 2.05) is 0 Å². The second-order valence-electron chi connectivity index (χ2n) is 7.81. The summed E-state index contributed by atoms with van der Waals surface area (Å²) in [6, 6.07) is 9.80. The normalized spacial score (nSPS) is 12.9. The van der Waals surface area contributed by atoms with Gasteiger partial charge in [0.05, 0.1) is 23.4 Å². The van der Waals surface area contributed by atoms with Gasteiger partial charge in [-0.05, 0) is 55.3 Å². The lowest BCUT2D eigenvalue weighted by molar-refractivity contribution is -0.122. The second-order valence-corrected chi connectivity index (χ2v) is 12.2. The number of carbonyl (C=O) groups excluding carboxylic acids is 1. The van der Waals surface area contributed by atoms with Crippen LogP contribution in [0.15, 0.2) is 47.4 Å². The van der Waals surface area contributed by atoms with Crippen molar-refractivity contribution in [1.82, 2.24) is 9.62 Å². The van der Waals surface area contributed by atoms with Gasteiger partial charge in [0, 0.05) is 19.1 Å². The smallest absolute Gasteiger partial charge is 0.244 e. The van der Waals surface area contributed by atoms with E-state index in [0.29, 0.717) is 16.5 Å². The zero-order chi connectivity index (χ0) is 25.7. The SMILES string of the molecule is CC[C@H](C(=O)NCCOc1ccc(S(=O)(=O)N(C)C)cc1)N(c1ccc(C)c(Cl)c1)S(C)(=O)=O. The van der Waals surface area contributed by atoms with Gasteiger partial charge in [0.1, 0.15) is 18.4 Å². The summed E-state index contributed by atoms with van der Waals surface area (Å²) in [5, 5.41) is 3.10. The van der Waals surface area contributed by atoms with Gasteiger partial charge in [0.2, 0.25) is 26.0 Å². The van der Waals surface area contributed by atoms with Crippen LogP contribution >= 0.6 is 11.6 Å². The van der Waals surface area contributed by atoms with Crippen LogP contribution in [0, 0.1) is 6.92 Å². The lowest BCUT2D eigenvalue weighted by Crippen LogP contribution is -2.50. The third kappa shape index (κ3) is 6.84. The Morgan fingerprint density at radius 1 is 1.09 bits per heavy atom. The van der Waals surface area contributed by atoms with Crippen molar-refractivity contribution in [2.45, 2.75) is 31.2 Å². The molecule has 1 amide bonds. The van der Waals surface area contributed by atoms with Crippen molar-refractivity contribution in [1.29, 1.82) is 0 Å². The molecule has 1 N–H and O–H groups in total. The summed E-state index contributed by atoms with van der Waals surface area (Å²) in [4.78, 5) is 13.0. The fraction of sp³-hybridized carbons (Fsp3) is 0.409. The zero-order valence-electron chi connectivity index (χ0n) is 19.8. The minimum Gasteiger partial charge on any atom is -0.492 e. The molecule has 0 bridgehead atoms. The van der Waals surface area contributed by atoms with E-state index in [9.17, 15) is 21.6 Å². The molecule has 0 fully saturated rings. The van der Waals surface area contributed by atoms with E-state index >= 15 is 0 Å². The molecule has 0 aliphatic heterocycles. The molecule has 9 nitrogen and oxygen atoms in total. The highest BCUT2D eigenvalue weighted by atomic mass is 35.5. The minimum absolute atomic E-state index is 0.108. The molecule has 2 rings (SSSR count). The monoisotopic (exact) mass is 531 g/mol. The van der Waals surface area contributed by atoms with Crippen LogP contribution in [0.25, 0.3) is 0 Å². The molecule has 2 aromatic rings. The van der Waals surface area contributed by atoms with E-state index < -0.39 is 32.0 Å². The van der Waals surface area contributed by atoms with Crippen LogP contribution < -0.4 is 14.4 Å². The number of sulfonamides is 2. The Bertz CT molecular complexity index is 1220. The van der Waals surface area contributed by atoms with Gasteiger partial charge in [-0.2, -0.15) is 0 Å². The largest absolute Gasteiger partial charge is 0.492 e. The molecule has 1 atom stereocenters. The fourth-order valence-corrected chi connectivity index (χ4v) is 5.44. The van der Waals surface area contributed by atoms with Gasteiger partial charge in [-0.3, -0.25) is 9.10 Å². The number of benzene rings is 2. The van der Waals surface area contributed by atoms with Gasteiger partial charge >= 0.3 is 0 Å². The molecule has 0 spiro atoms.